The average Bonchev–Trinajstić information content (AvgIpc) is 3.14. The smallest absolute Gasteiger partial charge is 0.254 e. The molecule has 2 saturated heterocycles. The van der Waals surface area contributed by atoms with E-state index >= 15 is 0 Å². The molecule has 2 fully saturated rings. The van der Waals surface area contributed by atoms with Gasteiger partial charge < -0.3 is 10.6 Å². The molecule has 2 aliphatic rings. The van der Waals surface area contributed by atoms with Crippen LogP contribution in [0, 0.1) is 0 Å². The number of carbonyl (C=O) groups is 1. The Kier molecular flexibility index (Phi) is 5.58. The van der Waals surface area contributed by atoms with Gasteiger partial charge in [-0.2, -0.15) is 5.10 Å². The summed E-state index contributed by atoms with van der Waals surface area (Å²) in [6, 6.07) is 6.51. The predicted molar refractivity (Wildman–Crippen MR) is 101 cm³/mol. The monoisotopic (exact) mass is 400 g/mol. The van der Waals surface area contributed by atoms with Crippen LogP contribution in [0.2, 0.25) is 10.0 Å². The maximum absolute atomic E-state index is 12.5. The molecular formula is C17H19Cl3N4O. The Balaban J connectivity index is 0.00000182. The van der Waals surface area contributed by atoms with Crippen LogP contribution in [0.3, 0.4) is 0 Å². The van der Waals surface area contributed by atoms with E-state index in [1.54, 1.807) is 35.3 Å². The summed E-state index contributed by atoms with van der Waals surface area (Å²) >= 11 is 12.1. The number of hydrogen-bond donors (Lipinski definition) is 2. The van der Waals surface area contributed by atoms with Crippen molar-refractivity contribution in [1.82, 2.24) is 20.4 Å². The molecule has 2 atom stereocenters. The topological polar surface area (TPSA) is 59.0 Å². The van der Waals surface area contributed by atoms with Crippen molar-refractivity contribution in [1.29, 1.82) is 0 Å². The van der Waals surface area contributed by atoms with E-state index in [0.29, 0.717) is 33.4 Å². The van der Waals surface area contributed by atoms with E-state index in [4.69, 9.17) is 23.2 Å². The van der Waals surface area contributed by atoms with Crippen molar-refractivity contribution >= 4 is 41.5 Å². The van der Waals surface area contributed by atoms with Gasteiger partial charge in [0.25, 0.3) is 5.91 Å². The van der Waals surface area contributed by atoms with Crippen molar-refractivity contribution in [3.63, 3.8) is 0 Å². The molecule has 2 aromatic rings. The van der Waals surface area contributed by atoms with Gasteiger partial charge in [-0.3, -0.25) is 4.79 Å². The minimum atomic E-state index is -0.0855. The van der Waals surface area contributed by atoms with Gasteiger partial charge in [0.05, 0.1) is 22.5 Å². The number of aromatic nitrogens is 2. The zero-order chi connectivity index (χ0) is 16.7. The summed E-state index contributed by atoms with van der Waals surface area (Å²) in [6.45, 7) is 0. The van der Waals surface area contributed by atoms with Gasteiger partial charge in [-0.1, -0.05) is 23.2 Å². The first-order valence-corrected chi connectivity index (χ1v) is 8.91. The molecule has 4 rings (SSSR count). The summed E-state index contributed by atoms with van der Waals surface area (Å²) < 4.78 is 1.60. The van der Waals surface area contributed by atoms with Crippen LogP contribution in [0.25, 0.3) is 5.69 Å². The molecule has 8 heteroatoms. The Hall–Kier alpha value is -1.27. The maximum atomic E-state index is 12.5. The molecule has 1 aromatic heterocycles. The lowest BCUT2D eigenvalue weighted by molar-refractivity contribution is 0.0924. The lowest BCUT2D eigenvalue weighted by Crippen LogP contribution is -2.47. The van der Waals surface area contributed by atoms with Crippen LogP contribution >= 0.6 is 35.6 Å². The van der Waals surface area contributed by atoms with Gasteiger partial charge in [-0.15, -0.1) is 12.4 Å². The van der Waals surface area contributed by atoms with E-state index < -0.39 is 0 Å². The summed E-state index contributed by atoms with van der Waals surface area (Å²) in [4.78, 5) is 12.5. The third kappa shape index (κ3) is 3.95. The van der Waals surface area contributed by atoms with E-state index in [9.17, 15) is 4.79 Å². The number of halogens is 3. The van der Waals surface area contributed by atoms with Crippen LogP contribution in [0.1, 0.15) is 36.0 Å². The molecule has 3 heterocycles. The number of carbonyl (C=O) groups excluding carboxylic acids is 1. The highest BCUT2D eigenvalue weighted by atomic mass is 35.5. The van der Waals surface area contributed by atoms with Crippen LogP contribution in [0.4, 0.5) is 0 Å². The number of piperidine rings is 1. The Bertz CT molecular complexity index is 767. The van der Waals surface area contributed by atoms with Crippen molar-refractivity contribution in [2.75, 3.05) is 0 Å². The van der Waals surface area contributed by atoms with Crippen molar-refractivity contribution in [2.45, 2.75) is 43.8 Å². The molecule has 2 N–H and O–H groups in total. The number of fused-ring (bicyclic) bond motifs is 2. The van der Waals surface area contributed by atoms with Crippen LogP contribution in [-0.4, -0.2) is 33.8 Å². The number of amides is 1. The number of benzene rings is 1. The highest BCUT2D eigenvalue weighted by Gasteiger charge is 2.34. The van der Waals surface area contributed by atoms with E-state index in [1.165, 1.54) is 12.8 Å². The van der Waals surface area contributed by atoms with Gasteiger partial charge >= 0.3 is 0 Å². The standard InChI is InChI=1S/C17H18Cl2N4O.ClH/c18-11-1-4-16(15(19)5-11)23-9-10(8-20-23)17(24)22-14-6-12-2-3-13(7-14)21-12;/h1,4-5,8-9,12-14,21H,2-3,6-7H2,(H,22,24);1H. The summed E-state index contributed by atoms with van der Waals surface area (Å²) in [5, 5.41) is 12.0. The molecule has 0 saturated carbocycles. The van der Waals surface area contributed by atoms with Crippen LogP contribution < -0.4 is 10.6 Å². The number of nitrogens with one attached hydrogen (secondary N) is 2. The second kappa shape index (κ2) is 7.54. The molecule has 0 radical (unpaired) electrons. The molecule has 2 bridgehead atoms. The molecule has 2 unspecified atom stereocenters. The van der Waals surface area contributed by atoms with Crippen molar-refractivity contribution in [2.24, 2.45) is 0 Å². The van der Waals surface area contributed by atoms with Gasteiger partial charge in [0.1, 0.15) is 0 Å². The third-order valence-corrected chi connectivity index (χ3v) is 5.35. The van der Waals surface area contributed by atoms with Gasteiger partial charge in [0.15, 0.2) is 0 Å². The third-order valence-electron chi connectivity index (χ3n) is 4.81. The average molecular weight is 402 g/mol. The summed E-state index contributed by atoms with van der Waals surface area (Å²) in [5.74, 6) is -0.0855. The minimum absolute atomic E-state index is 0. The molecule has 1 aromatic carbocycles. The number of rotatable bonds is 3. The lowest BCUT2D eigenvalue weighted by atomic mass is 9.99. The molecule has 1 amide bonds. The van der Waals surface area contributed by atoms with Crippen molar-refractivity contribution < 1.29 is 4.79 Å². The van der Waals surface area contributed by atoms with Gasteiger partial charge in [-0.25, -0.2) is 4.68 Å². The van der Waals surface area contributed by atoms with E-state index in [-0.39, 0.29) is 24.4 Å². The second-order valence-corrected chi connectivity index (χ2v) is 7.39. The van der Waals surface area contributed by atoms with Crippen molar-refractivity contribution in [3.05, 3.63) is 46.2 Å². The number of nitrogens with zero attached hydrogens (tertiary/aromatic N) is 2. The largest absolute Gasteiger partial charge is 0.349 e. The van der Waals surface area contributed by atoms with Gasteiger partial charge in [-0.05, 0) is 43.9 Å². The molecule has 5 nitrogen and oxygen atoms in total. The van der Waals surface area contributed by atoms with E-state index in [1.807, 2.05) is 0 Å². The first kappa shape index (κ1) is 18.5. The first-order valence-electron chi connectivity index (χ1n) is 8.15. The molecule has 134 valence electrons. The fourth-order valence-electron chi connectivity index (χ4n) is 3.68. The van der Waals surface area contributed by atoms with Gasteiger partial charge in [0, 0.05) is 29.3 Å². The minimum Gasteiger partial charge on any atom is -0.349 e. The Labute approximate surface area is 162 Å². The highest BCUT2D eigenvalue weighted by molar-refractivity contribution is 6.35. The van der Waals surface area contributed by atoms with Crippen LogP contribution in [0.15, 0.2) is 30.6 Å². The predicted octanol–water partition coefficient (Wildman–Crippen LogP) is 3.61. The summed E-state index contributed by atoms with van der Waals surface area (Å²) in [7, 11) is 0. The SMILES string of the molecule is Cl.O=C(NC1CC2CCC(C1)N2)c1cnn(-c2ccc(Cl)cc2Cl)c1. The normalized spacial score (nSPS) is 24.6. The molecule has 0 aliphatic carbocycles. The summed E-state index contributed by atoms with van der Waals surface area (Å²) in [5.41, 5.74) is 1.23. The summed E-state index contributed by atoms with van der Waals surface area (Å²) in [6.07, 6.45) is 7.68. The maximum Gasteiger partial charge on any atom is 0.254 e. The number of hydrogen-bond acceptors (Lipinski definition) is 3. The molecule has 2 aliphatic heterocycles. The fraction of sp³-hybridized carbons (Fsp3) is 0.412. The lowest BCUT2D eigenvalue weighted by Gasteiger charge is -2.29. The zero-order valence-corrected chi connectivity index (χ0v) is 15.7. The zero-order valence-electron chi connectivity index (χ0n) is 13.4. The van der Waals surface area contributed by atoms with Gasteiger partial charge in [0.2, 0.25) is 0 Å². The van der Waals surface area contributed by atoms with Crippen LogP contribution in [-0.2, 0) is 0 Å². The van der Waals surface area contributed by atoms with Crippen molar-refractivity contribution in [3.8, 4) is 5.69 Å². The van der Waals surface area contributed by atoms with E-state index in [0.717, 1.165) is 12.8 Å². The molecule has 25 heavy (non-hydrogen) atoms. The second-order valence-electron chi connectivity index (χ2n) is 6.55. The molecule has 0 spiro atoms. The quantitative estimate of drug-likeness (QED) is 0.826. The first-order chi connectivity index (χ1) is 11.6. The molecular weight excluding hydrogens is 383 g/mol. The highest BCUT2D eigenvalue weighted by Crippen LogP contribution is 2.27. The Morgan fingerprint density at radius 2 is 1.96 bits per heavy atom. The Morgan fingerprint density at radius 1 is 1.24 bits per heavy atom. The Morgan fingerprint density at radius 3 is 2.64 bits per heavy atom. The van der Waals surface area contributed by atoms with Crippen LogP contribution in [0.5, 0.6) is 0 Å². The fourth-order valence-corrected chi connectivity index (χ4v) is 4.18. The van der Waals surface area contributed by atoms with E-state index in [2.05, 4.69) is 15.7 Å².